The van der Waals surface area contributed by atoms with E-state index >= 15 is 0 Å². The second kappa shape index (κ2) is 5.85. The highest BCUT2D eigenvalue weighted by molar-refractivity contribution is 5.66. The largest absolute Gasteiger partial charge is 0.394 e. The van der Waals surface area contributed by atoms with Gasteiger partial charge in [-0.15, -0.1) is 0 Å². The quantitative estimate of drug-likeness (QED) is 0.909. The van der Waals surface area contributed by atoms with E-state index in [1.54, 1.807) is 0 Å². The second-order valence-corrected chi connectivity index (χ2v) is 6.11. The van der Waals surface area contributed by atoms with Gasteiger partial charge in [-0.3, -0.25) is 0 Å². The minimum atomic E-state index is 0.793. The van der Waals surface area contributed by atoms with Gasteiger partial charge in [-0.1, -0.05) is 20.8 Å². The minimum Gasteiger partial charge on any atom is -0.394 e. The Morgan fingerprint density at radius 1 is 1.32 bits per heavy atom. The van der Waals surface area contributed by atoms with Crippen molar-refractivity contribution in [3.8, 4) is 0 Å². The fourth-order valence-electron chi connectivity index (χ4n) is 3.06. The van der Waals surface area contributed by atoms with Crippen molar-refractivity contribution in [1.82, 2.24) is 9.78 Å². The first kappa shape index (κ1) is 14.2. The van der Waals surface area contributed by atoms with Crippen molar-refractivity contribution in [2.24, 2.45) is 11.8 Å². The van der Waals surface area contributed by atoms with Gasteiger partial charge in [0.2, 0.25) is 0 Å². The molecular weight excluding hydrogens is 236 g/mol. The van der Waals surface area contributed by atoms with Crippen LogP contribution in [0, 0.1) is 18.8 Å². The molecule has 0 radical (unpaired) electrons. The molecule has 2 N–H and O–H groups in total. The second-order valence-electron chi connectivity index (χ2n) is 6.11. The third-order valence-electron chi connectivity index (χ3n) is 4.36. The molecule has 2 heterocycles. The SMILES string of the molecule is CCCn1nc(C)c(N)c1N1CCC(C(C)C)CC1. The number of hydrogen-bond acceptors (Lipinski definition) is 3. The highest BCUT2D eigenvalue weighted by Gasteiger charge is 2.25. The molecule has 1 saturated heterocycles. The Morgan fingerprint density at radius 2 is 1.95 bits per heavy atom. The summed E-state index contributed by atoms with van der Waals surface area (Å²) in [6.45, 7) is 12.0. The molecule has 4 heteroatoms. The van der Waals surface area contributed by atoms with Crippen molar-refractivity contribution in [3.05, 3.63) is 5.69 Å². The molecule has 0 saturated carbocycles. The predicted molar refractivity (Wildman–Crippen MR) is 81.4 cm³/mol. The van der Waals surface area contributed by atoms with Gasteiger partial charge in [-0.2, -0.15) is 5.10 Å². The molecule has 1 aromatic rings. The first-order valence-electron chi connectivity index (χ1n) is 7.62. The van der Waals surface area contributed by atoms with E-state index in [4.69, 9.17) is 5.73 Å². The lowest BCUT2D eigenvalue weighted by molar-refractivity contribution is 0.309. The molecule has 0 bridgehead atoms. The summed E-state index contributed by atoms with van der Waals surface area (Å²) in [4.78, 5) is 2.43. The van der Waals surface area contributed by atoms with E-state index in [2.05, 4.69) is 35.5 Å². The Bertz CT molecular complexity index is 414. The van der Waals surface area contributed by atoms with Gasteiger partial charge in [0.15, 0.2) is 5.82 Å². The van der Waals surface area contributed by atoms with Crippen LogP contribution in [0.1, 0.15) is 45.7 Å². The summed E-state index contributed by atoms with van der Waals surface area (Å²) in [6.07, 6.45) is 3.64. The van der Waals surface area contributed by atoms with Crippen LogP contribution in [-0.4, -0.2) is 22.9 Å². The number of aryl methyl sites for hydroxylation is 2. The van der Waals surface area contributed by atoms with Crippen molar-refractivity contribution in [2.45, 2.75) is 53.5 Å². The van der Waals surface area contributed by atoms with E-state index in [0.717, 1.165) is 55.1 Å². The number of nitrogens with two attached hydrogens (primary N) is 1. The maximum Gasteiger partial charge on any atom is 0.150 e. The lowest BCUT2D eigenvalue weighted by atomic mass is 9.87. The summed E-state index contributed by atoms with van der Waals surface area (Å²) in [6, 6.07) is 0. The fourth-order valence-corrected chi connectivity index (χ4v) is 3.06. The average molecular weight is 264 g/mol. The first-order chi connectivity index (χ1) is 9.04. The topological polar surface area (TPSA) is 47.1 Å². The Morgan fingerprint density at radius 3 is 2.47 bits per heavy atom. The summed E-state index contributed by atoms with van der Waals surface area (Å²) in [5.41, 5.74) is 8.07. The third kappa shape index (κ3) is 2.88. The minimum absolute atomic E-state index is 0.793. The highest BCUT2D eigenvalue weighted by atomic mass is 15.4. The summed E-state index contributed by atoms with van der Waals surface area (Å²) >= 11 is 0. The van der Waals surface area contributed by atoms with Gasteiger partial charge in [0.1, 0.15) is 0 Å². The summed E-state index contributed by atoms with van der Waals surface area (Å²) in [7, 11) is 0. The van der Waals surface area contributed by atoms with E-state index < -0.39 is 0 Å². The summed E-state index contributed by atoms with van der Waals surface area (Å²) < 4.78 is 2.10. The molecule has 19 heavy (non-hydrogen) atoms. The van der Waals surface area contributed by atoms with Crippen LogP contribution in [0.4, 0.5) is 11.5 Å². The van der Waals surface area contributed by atoms with E-state index in [-0.39, 0.29) is 0 Å². The van der Waals surface area contributed by atoms with Gasteiger partial charge in [0, 0.05) is 19.6 Å². The van der Waals surface area contributed by atoms with Crippen LogP contribution in [0.25, 0.3) is 0 Å². The molecular formula is C15H28N4. The lowest BCUT2D eigenvalue weighted by Crippen LogP contribution is -2.37. The number of nitrogen functional groups attached to an aromatic ring is 1. The molecule has 0 unspecified atom stereocenters. The Labute approximate surface area is 117 Å². The van der Waals surface area contributed by atoms with E-state index in [0.29, 0.717) is 0 Å². The molecule has 0 spiro atoms. The van der Waals surface area contributed by atoms with Crippen LogP contribution in [0.5, 0.6) is 0 Å². The number of nitrogens with zero attached hydrogens (tertiary/aromatic N) is 3. The average Bonchev–Trinajstić information content (AvgIpc) is 2.66. The zero-order chi connectivity index (χ0) is 14.0. The molecule has 0 aliphatic carbocycles. The molecule has 4 nitrogen and oxygen atoms in total. The zero-order valence-corrected chi connectivity index (χ0v) is 12.8. The van der Waals surface area contributed by atoms with Gasteiger partial charge >= 0.3 is 0 Å². The van der Waals surface area contributed by atoms with Gasteiger partial charge in [-0.25, -0.2) is 4.68 Å². The third-order valence-corrected chi connectivity index (χ3v) is 4.36. The van der Waals surface area contributed by atoms with Gasteiger partial charge in [-0.05, 0) is 38.0 Å². The monoisotopic (exact) mass is 264 g/mol. The molecule has 0 aromatic carbocycles. The molecule has 1 aliphatic heterocycles. The van der Waals surface area contributed by atoms with Gasteiger partial charge < -0.3 is 10.6 Å². The van der Waals surface area contributed by atoms with Crippen LogP contribution >= 0.6 is 0 Å². The zero-order valence-electron chi connectivity index (χ0n) is 12.8. The van der Waals surface area contributed by atoms with Crippen molar-refractivity contribution in [3.63, 3.8) is 0 Å². The number of piperidine rings is 1. The summed E-state index contributed by atoms with van der Waals surface area (Å²) in [5.74, 6) is 2.81. The molecule has 1 fully saturated rings. The molecule has 108 valence electrons. The highest BCUT2D eigenvalue weighted by Crippen LogP contribution is 2.32. The van der Waals surface area contributed by atoms with Crippen molar-refractivity contribution < 1.29 is 0 Å². The maximum absolute atomic E-state index is 6.23. The normalized spacial score (nSPS) is 17.4. The predicted octanol–water partition coefficient (Wildman–Crippen LogP) is 3.06. The van der Waals surface area contributed by atoms with Gasteiger partial charge in [0.05, 0.1) is 11.4 Å². The van der Waals surface area contributed by atoms with Crippen molar-refractivity contribution in [1.29, 1.82) is 0 Å². The van der Waals surface area contributed by atoms with Crippen LogP contribution in [0.3, 0.4) is 0 Å². The summed E-state index contributed by atoms with van der Waals surface area (Å²) in [5, 5.41) is 4.58. The molecule has 1 aliphatic rings. The lowest BCUT2D eigenvalue weighted by Gasteiger charge is -2.35. The van der Waals surface area contributed by atoms with Gasteiger partial charge in [0.25, 0.3) is 0 Å². The number of anilines is 2. The standard InChI is InChI=1S/C15H28N4/c1-5-8-19-15(14(16)12(4)17-19)18-9-6-13(7-10-18)11(2)3/h11,13H,5-10,16H2,1-4H3. The first-order valence-corrected chi connectivity index (χ1v) is 7.62. The number of hydrogen-bond donors (Lipinski definition) is 1. The molecule has 0 amide bonds. The number of aromatic nitrogens is 2. The molecule has 1 aromatic heterocycles. The van der Waals surface area contributed by atoms with E-state index in [1.807, 2.05) is 6.92 Å². The van der Waals surface area contributed by atoms with Crippen LogP contribution in [-0.2, 0) is 6.54 Å². The Kier molecular flexibility index (Phi) is 4.38. The Hall–Kier alpha value is -1.19. The number of rotatable bonds is 4. The van der Waals surface area contributed by atoms with Crippen LogP contribution in [0.15, 0.2) is 0 Å². The van der Waals surface area contributed by atoms with Crippen molar-refractivity contribution in [2.75, 3.05) is 23.7 Å². The van der Waals surface area contributed by atoms with Crippen LogP contribution < -0.4 is 10.6 Å². The Balaban J connectivity index is 2.14. The maximum atomic E-state index is 6.23. The van der Waals surface area contributed by atoms with E-state index in [9.17, 15) is 0 Å². The van der Waals surface area contributed by atoms with Crippen LogP contribution in [0.2, 0.25) is 0 Å². The smallest absolute Gasteiger partial charge is 0.150 e. The van der Waals surface area contributed by atoms with Crippen molar-refractivity contribution >= 4 is 11.5 Å². The molecule has 2 rings (SSSR count). The molecule has 0 atom stereocenters. The van der Waals surface area contributed by atoms with E-state index in [1.165, 1.54) is 12.8 Å². The fraction of sp³-hybridized carbons (Fsp3) is 0.800.